The van der Waals surface area contributed by atoms with Crippen LogP contribution >= 0.6 is 0 Å². The van der Waals surface area contributed by atoms with Gasteiger partial charge in [-0.1, -0.05) is 20.8 Å². The first-order chi connectivity index (χ1) is 13.2. The molecule has 0 aromatic rings. The number of carboxylic acids is 1. The quantitative estimate of drug-likeness (QED) is 0.730. The van der Waals surface area contributed by atoms with Crippen LogP contribution in [0.3, 0.4) is 0 Å². The number of aliphatic hydroxyl groups excluding tert-OH is 1. The molecular formula is C24H38O4. The number of ketones is 1. The van der Waals surface area contributed by atoms with Gasteiger partial charge in [0.15, 0.2) is 0 Å². The Labute approximate surface area is 169 Å². The first kappa shape index (κ1) is 20.4. The Balaban J connectivity index is 1.57. The molecule has 9 atom stereocenters. The molecule has 0 amide bonds. The Morgan fingerprint density at radius 3 is 2.61 bits per heavy atom. The minimum atomic E-state index is -0.729. The average Bonchev–Trinajstić information content (AvgIpc) is 3.00. The van der Waals surface area contributed by atoms with Crippen LogP contribution in [0.4, 0.5) is 0 Å². The Kier molecular flexibility index (Phi) is 5.17. The predicted molar refractivity (Wildman–Crippen MR) is 108 cm³/mol. The molecule has 4 rings (SSSR count). The van der Waals surface area contributed by atoms with E-state index in [0.717, 1.165) is 32.1 Å². The van der Waals surface area contributed by atoms with Gasteiger partial charge in [0, 0.05) is 18.3 Å². The highest BCUT2D eigenvalue weighted by atomic mass is 16.4. The molecule has 0 saturated heterocycles. The number of rotatable bonds is 4. The Morgan fingerprint density at radius 1 is 1.14 bits per heavy atom. The summed E-state index contributed by atoms with van der Waals surface area (Å²) in [4.78, 5) is 24.7. The van der Waals surface area contributed by atoms with Crippen LogP contribution in [0, 0.1) is 46.3 Å². The molecule has 2 N–H and O–H groups in total. The fourth-order valence-electron chi connectivity index (χ4n) is 8.44. The zero-order valence-corrected chi connectivity index (χ0v) is 17.8. The lowest BCUT2D eigenvalue weighted by Gasteiger charge is -2.60. The van der Waals surface area contributed by atoms with Crippen molar-refractivity contribution in [2.75, 3.05) is 0 Å². The second kappa shape index (κ2) is 7.11. The van der Waals surface area contributed by atoms with Crippen LogP contribution in [0.5, 0.6) is 0 Å². The number of carbonyl (C=O) groups is 2. The van der Waals surface area contributed by atoms with Gasteiger partial charge in [-0.15, -0.1) is 0 Å². The Bertz CT molecular complexity index is 645. The van der Waals surface area contributed by atoms with Gasteiger partial charge in [0.25, 0.3) is 0 Å². The van der Waals surface area contributed by atoms with Gasteiger partial charge in [-0.25, -0.2) is 0 Å². The maximum atomic E-state index is 13.6. The third-order valence-corrected chi connectivity index (χ3v) is 10.1. The number of aliphatic carboxylic acids is 1. The molecule has 28 heavy (non-hydrogen) atoms. The lowest BCUT2D eigenvalue weighted by atomic mass is 9.44. The van der Waals surface area contributed by atoms with Crippen LogP contribution < -0.4 is 0 Å². The van der Waals surface area contributed by atoms with Crippen molar-refractivity contribution in [2.45, 2.75) is 91.1 Å². The second-order valence-corrected chi connectivity index (χ2v) is 11.1. The van der Waals surface area contributed by atoms with Gasteiger partial charge in [-0.2, -0.15) is 0 Å². The molecule has 0 aromatic carbocycles. The highest BCUT2D eigenvalue weighted by molar-refractivity contribution is 5.87. The molecule has 4 nitrogen and oxygen atoms in total. The molecule has 4 saturated carbocycles. The van der Waals surface area contributed by atoms with E-state index >= 15 is 0 Å². The van der Waals surface area contributed by atoms with Crippen molar-refractivity contribution < 1.29 is 19.8 Å². The average molecular weight is 391 g/mol. The maximum Gasteiger partial charge on any atom is 0.303 e. The number of hydrogen-bond acceptors (Lipinski definition) is 3. The number of Topliss-reactive ketones (excluding diaryl/α,β-unsaturated/α-hetero) is 1. The fraction of sp³-hybridized carbons (Fsp3) is 0.917. The first-order valence-corrected chi connectivity index (χ1v) is 11.6. The highest BCUT2D eigenvalue weighted by Crippen LogP contribution is 2.67. The summed E-state index contributed by atoms with van der Waals surface area (Å²) in [5, 5.41) is 19.3. The molecule has 4 heteroatoms. The van der Waals surface area contributed by atoms with E-state index in [4.69, 9.17) is 5.11 Å². The first-order valence-electron chi connectivity index (χ1n) is 11.6. The molecule has 4 fully saturated rings. The second-order valence-electron chi connectivity index (χ2n) is 11.1. The number of aliphatic hydroxyl groups is 1. The maximum absolute atomic E-state index is 13.6. The fourth-order valence-corrected chi connectivity index (χ4v) is 8.44. The van der Waals surface area contributed by atoms with Crippen LogP contribution in [0.1, 0.15) is 85.0 Å². The molecule has 158 valence electrons. The molecule has 0 radical (unpaired) electrons. The molecule has 0 heterocycles. The molecular weight excluding hydrogens is 352 g/mol. The molecule has 0 aromatic heterocycles. The van der Waals surface area contributed by atoms with Gasteiger partial charge < -0.3 is 10.2 Å². The minimum Gasteiger partial charge on any atom is -0.481 e. The van der Waals surface area contributed by atoms with Crippen molar-refractivity contribution in [3.63, 3.8) is 0 Å². The summed E-state index contributed by atoms with van der Waals surface area (Å²) in [6, 6.07) is 0. The van der Waals surface area contributed by atoms with E-state index < -0.39 is 5.97 Å². The number of hydrogen-bond donors (Lipinski definition) is 2. The summed E-state index contributed by atoms with van der Waals surface area (Å²) in [7, 11) is 0. The minimum absolute atomic E-state index is 0.148. The van der Waals surface area contributed by atoms with E-state index in [1.54, 1.807) is 0 Å². The summed E-state index contributed by atoms with van der Waals surface area (Å²) in [5.41, 5.74) is -0.0391. The molecule has 4 aliphatic carbocycles. The highest BCUT2D eigenvalue weighted by Gasteiger charge is 2.63. The number of carboxylic acid groups (broad SMARTS) is 1. The normalized spacial score (nSPS) is 49.1. The van der Waals surface area contributed by atoms with Crippen LogP contribution in [-0.2, 0) is 9.59 Å². The van der Waals surface area contributed by atoms with Gasteiger partial charge in [0.1, 0.15) is 5.78 Å². The largest absolute Gasteiger partial charge is 0.481 e. The SMILES string of the molecule is C[C@H](CCC(=O)O)[C@H]1CC[C@H]2[C@@H]3CC[C@@H]4C[C@H](O)CC[C@]4(C)[C@H]3CC(=O)[C@]12C. The molecule has 0 unspecified atom stereocenters. The number of fused-ring (bicyclic) bond motifs is 5. The Morgan fingerprint density at radius 2 is 1.89 bits per heavy atom. The van der Waals surface area contributed by atoms with Crippen LogP contribution in [0.15, 0.2) is 0 Å². The van der Waals surface area contributed by atoms with Gasteiger partial charge in [-0.05, 0) is 92.3 Å². The molecule has 0 spiro atoms. The summed E-state index contributed by atoms with van der Waals surface area (Å²) in [6.07, 6.45) is 8.96. The predicted octanol–water partition coefficient (Wildman–Crippen LogP) is 4.69. The third kappa shape index (κ3) is 2.97. The van der Waals surface area contributed by atoms with Crippen molar-refractivity contribution in [3.05, 3.63) is 0 Å². The van der Waals surface area contributed by atoms with E-state index in [0.29, 0.717) is 54.1 Å². The summed E-state index contributed by atoms with van der Waals surface area (Å²) in [6.45, 7) is 6.81. The zero-order chi connectivity index (χ0) is 20.3. The molecule has 4 aliphatic rings. The van der Waals surface area contributed by atoms with Crippen LogP contribution in [-0.4, -0.2) is 28.1 Å². The van der Waals surface area contributed by atoms with Crippen molar-refractivity contribution >= 4 is 11.8 Å². The lowest BCUT2D eigenvalue weighted by Crippen LogP contribution is -2.57. The van der Waals surface area contributed by atoms with Gasteiger partial charge in [0.2, 0.25) is 0 Å². The van der Waals surface area contributed by atoms with Crippen LogP contribution in [0.25, 0.3) is 0 Å². The number of carbonyl (C=O) groups excluding carboxylic acids is 1. The van der Waals surface area contributed by atoms with Crippen molar-refractivity contribution in [1.82, 2.24) is 0 Å². The lowest BCUT2D eigenvalue weighted by molar-refractivity contribution is -0.160. The van der Waals surface area contributed by atoms with Gasteiger partial charge in [0.05, 0.1) is 6.10 Å². The smallest absolute Gasteiger partial charge is 0.303 e. The van der Waals surface area contributed by atoms with Gasteiger partial charge in [-0.3, -0.25) is 9.59 Å². The van der Waals surface area contributed by atoms with E-state index in [1.807, 2.05) is 0 Å². The van der Waals surface area contributed by atoms with Gasteiger partial charge >= 0.3 is 5.97 Å². The van der Waals surface area contributed by atoms with Crippen LogP contribution in [0.2, 0.25) is 0 Å². The topological polar surface area (TPSA) is 74.6 Å². The van der Waals surface area contributed by atoms with Crippen molar-refractivity contribution in [3.8, 4) is 0 Å². The molecule has 0 aliphatic heterocycles. The van der Waals surface area contributed by atoms with E-state index in [9.17, 15) is 14.7 Å². The van der Waals surface area contributed by atoms with E-state index in [1.165, 1.54) is 12.8 Å². The monoisotopic (exact) mass is 390 g/mol. The van der Waals surface area contributed by atoms with Crippen molar-refractivity contribution in [2.24, 2.45) is 46.3 Å². The zero-order valence-electron chi connectivity index (χ0n) is 17.8. The van der Waals surface area contributed by atoms with Crippen molar-refractivity contribution in [1.29, 1.82) is 0 Å². The summed E-state index contributed by atoms with van der Waals surface area (Å²) >= 11 is 0. The summed E-state index contributed by atoms with van der Waals surface area (Å²) in [5.74, 6) is 2.52. The standard InChI is InChI=1S/C24H38O4/c1-14(4-9-22(27)28)18-7-8-19-17-6-5-15-12-16(25)10-11-23(15,2)20(17)13-21(26)24(18,19)3/h14-20,25H,4-13H2,1-3H3,(H,27,28)/t14-,15-,16-,17+,18-,19+,20+,23+,24-/m1/s1. The third-order valence-electron chi connectivity index (χ3n) is 10.1. The Hall–Kier alpha value is -0.900. The summed E-state index contributed by atoms with van der Waals surface area (Å²) < 4.78 is 0. The molecule has 0 bridgehead atoms. The van der Waals surface area contributed by atoms with E-state index in [2.05, 4.69) is 20.8 Å². The van der Waals surface area contributed by atoms with E-state index in [-0.39, 0.29) is 23.4 Å².